The molecule has 0 spiro atoms. The van der Waals surface area contributed by atoms with Gasteiger partial charge in [0.1, 0.15) is 24.6 Å². The number of hydrogen-bond donors (Lipinski definition) is 8. The van der Waals surface area contributed by atoms with Crippen molar-refractivity contribution in [2.45, 2.75) is 43.8 Å². The SMILES string of the molecule is NCCCCCNc1ncnc2c1ncn2C1OC(COP(=O)(O)OP(=O)(O)OP(=O)(O)O)C(O)C1O. The molecule has 22 heteroatoms. The first kappa shape index (κ1) is 30.1. The molecular formula is C15H27N6O13P3. The normalized spacial score (nSPS) is 25.7. The van der Waals surface area contributed by atoms with Gasteiger partial charge in [-0.1, -0.05) is 6.42 Å². The van der Waals surface area contributed by atoms with E-state index >= 15 is 0 Å². The number of nitrogens with one attached hydrogen (secondary N) is 1. The molecule has 6 unspecified atom stereocenters. The Balaban J connectivity index is 1.66. The molecule has 9 N–H and O–H groups in total. The predicted octanol–water partition coefficient (Wildman–Crippen LogP) is -0.670. The Kier molecular flexibility index (Phi) is 9.93. The number of nitrogens with two attached hydrogens (primary N) is 1. The van der Waals surface area contributed by atoms with Crippen LogP contribution in [0.5, 0.6) is 0 Å². The minimum Gasteiger partial charge on any atom is -0.387 e. The molecule has 0 bridgehead atoms. The van der Waals surface area contributed by atoms with E-state index in [4.69, 9.17) is 20.3 Å². The first-order valence-electron chi connectivity index (χ1n) is 10.6. The summed E-state index contributed by atoms with van der Waals surface area (Å²) in [5, 5.41) is 24.0. The molecule has 2 aromatic rings. The maximum Gasteiger partial charge on any atom is 0.490 e. The number of fused-ring (bicyclic) bond motifs is 1. The minimum absolute atomic E-state index is 0.240. The number of aromatic nitrogens is 4. The van der Waals surface area contributed by atoms with E-state index in [1.165, 1.54) is 17.2 Å². The summed E-state index contributed by atoms with van der Waals surface area (Å²) in [6, 6.07) is 0. The molecule has 210 valence electrons. The number of unbranched alkanes of at least 4 members (excludes halogenated alkanes) is 2. The molecule has 37 heavy (non-hydrogen) atoms. The van der Waals surface area contributed by atoms with Crippen LogP contribution in [0.25, 0.3) is 11.2 Å². The Morgan fingerprint density at radius 3 is 2.41 bits per heavy atom. The van der Waals surface area contributed by atoms with Crippen LogP contribution >= 0.6 is 23.5 Å². The van der Waals surface area contributed by atoms with Crippen LogP contribution in [0.2, 0.25) is 0 Å². The van der Waals surface area contributed by atoms with Gasteiger partial charge in [-0.25, -0.2) is 28.6 Å². The summed E-state index contributed by atoms with van der Waals surface area (Å²) in [4.78, 5) is 48.4. The third-order valence-electron chi connectivity index (χ3n) is 4.96. The lowest BCUT2D eigenvalue weighted by atomic mass is 10.1. The van der Waals surface area contributed by atoms with Gasteiger partial charge >= 0.3 is 23.5 Å². The summed E-state index contributed by atoms with van der Waals surface area (Å²) in [6.45, 7) is 0.248. The van der Waals surface area contributed by atoms with Crippen molar-refractivity contribution >= 4 is 40.4 Å². The van der Waals surface area contributed by atoms with E-state index in [0.717, 1.165) is 19.3 Å². The van der Waals surface area contributed by atoms with Gasteiger partial charge in [-0.2, -0.15) is 8.62 Å². The first-order valence-corrected chi connectivity index (χ1v) is 15.2. The number of rotatable bonds is 14. The van der Waals surface area contributed by atoms with E-state index < -0.39 is 54.6 Å². The standard InChI is InChI=1S/C15H27N6O13P3/c16-4-2-1-3-5-17-13-10-14(19-7-18-13)21(8-20-10)15-12(23)11(22)9(32-15)6-31-36(27,28)34-37(29,30)33-35(24,25)26/h7-9,11-12,15,22-23H,1-6,16H2,(H,27,28)(H,29,30)(H,17,18,19)(H2,24,25,26). The van der Waals surface area contributed by atoms with E-state index in [-0.39, 0.29) is 5.65 Å². The Morgan fingerprint density at radius 2 is 1.73 bits per heavy atom. The van der Waals surface area contributed by atoms with Gasteiger partial charge in [0.2, 0.25) is 0 Å². The van der Waals surface area contributed by atoms with Crippen LogP contribution in [0.15, 0.2) is 12.7 Å². The summed E-state index contributed by atoms with van der Waals surface area (Å²) in [7, 11) is -16.7. The second kappa shape index (κ2) is 12.2. The van der Waals surface area contributed by atoms with Crippen molar-refractivity contribution in [3.05, 3.63) is 12.7 Å². The largest absolute Gasteiger partial charge is 0.490 e. The molecule has 2 aromatic heterocycles. The van der Waals surface area contributed by atoms with Crippen molar-refractivity contribution in [1.82, 2.24) is 19.5 Å². The maximum absolute atomic E-state index is 11.9. The van der Waals surface area contributed by atoms with E-state index in [1.54, 1.807) is 0 Å². The molecule has 0 radical (unpaired) electrons. The number of ether oxygens (including phenoxy) is 1. The molecule has 3 heterocycles. The molecule has 3 rings (SSSR count). The average molecular weight is 592 g/mol. The summed E-state index contributed by atoms with van der Waals surface area (Å²) in [5.74, 6) is 0.425. The topological polar surface area (TPSA) is 291 Å². The number of nitrogens with zero attached hydrogens (tertiary/aromatic N) is 4. The van der Waals surface area contributed by atoms with E-state index in [2.05, 4.69) is 33.4 Å². The lowest BCUT2D eigenvalue weighted by Gasteiger charge is -2.19. The van der Waals surface area contributed by atoms with Gasteiger partial charge in [0, 0.05) is 6.54 Å². The maximum atomic E-state index is 11.9. The van der Waals surface area contributed by atoms with Crippen LogP contribution in [0, 0.1) is 0 Å². The lowest BCUT2D eigenvalue weighted by Crippen LogP contribution is -2.33. The fourth-order valence-electron chi connectivity index (χ4n) is 3.39. The number of phosphoric acid groups is 3. The zero-order valence-electron chi connectivity index (χ0n) is 19.0. The molecule has 1 saturated heterocycles. The average Bonchev–Trinajstić information content (AvgIpc) is 3.31. The highest BCUT2D eigenvalue weighted by Gasteiger charge is 2.47. The van der Waals surface area contributed by atoms with E-state index in [9.17, 15) is 33.7 Å². The van der Waals surface area contributed by atoms with Gasteiger partial charge in [-0.3, -0.25) is 9.09 Å². The highest BCUT2D eigenvalue weighted by Crippen LogP contribution is 2.66. The van der Waals surface area contributed by atoms with Gasteiger partial charge in [-0.05, 0) is 19.4 Å². The fourth-order valence-corrected chi connectivity index (χ4v) is 6.42. The van der Waals surface area contributed by atoms with Gasteiger partial charge in [0.25, 0.3) is 0 Å². The molecule has 0 aliphatic carbocycles. The van der Waals surface area contributed by atoms with Crippen molar-refractivity contribution in [2.75, 3.05) is 25.0 Å². The lowest BCUT2D eigenvalue weighted by molar-refractivity contribution is -0.0503. The number of phosphoric ester groups is 1. The van der Waals surface area contributed by atoms with Gasteiger partial charge in [0.05, 0.1) is 12.9 Å². The Bertz CT molecular complexity index is 1210. The summed E-state index contributed by atoms with van der Waals surface area (Å²) >= 11 is 0. The summed E-state index contributed by atoms with van der Waals surface area (Å²) < 4.78 is 52.6. The monoisotopic (exact) mass is 592 g/mol. The second-order valence-electron chi connectivity index (χ2n) is 7.76. The van der Waals surface area contributed by atoms with Crippen LogP contribution in [-0.4, -0.2) is 87.3 Å². The number of aliphatic hydroxyl groups excluding tert-OH is 2. The molecule has 0 aromatic carbocycles. The van der Waals surface area contributed by atoms with Crippen LogP contribution in [-0.2, 0) is 31.6 Å². The Labute approximate surface area is 209 Å². The number of aliphatic hydroxyl groups is 2. The third-order valence-corrected chi connectivity index (χ3v) is 8.76. The van der Waals surface area contributed by atoms with E-state index in [0.29, 0.717) is 24.4 Å². The Morgan fingerprint density at radius 1 is 1.00 bits per heavy atom. The predicted molar refractivity (Wildman–Crippen MR) is 122 cm³/mol. The summed E-state index contributed by atoms with van der Waals surface area (Å²) in [6.07, 6.45) is -0.793. The molecule has 1 fully saturated rings. The Hall–Kier alpha value is -1.40. The second-order valence-corrected chi connectivity index (χ2v) is 12.2. The number of hydrogen-bond acceptors (Lipinski definition) is 14. The zero-order chi connectivity index (χ0) is 27.4. The van der Waals surface area contributed by atoms with Crippen molar-refractivity contribution in [3.63, 3.8) is 0 Å². The fraction of sp³-hybridized carbons (Fsp3) is 0.667. The van der Waals surface area contributed by atoms with Crippen LogP contribution in [0.3, 0.4) is 0 Å². The quantitative estimate of drug-likeness (QED) is 0.0996. The molecule has 0 amide bonds. The van der Waals surface area contributed by atoms with Crippen LogP contribution in [0.1, 0.15) is 25.5 Å². The van der Waals surface area contributed by atoms with Crippen molar-refractivity contribution in [2.24, 2.45) is 5.73 Å². The van der Waals surface area contributed by atoms with Gasteiger partial charge in [-0.15, -0.1) is 0 Å². The molecule has 1 aliphatic heterocycles. The van der Waals surface area contributed by atoms with Crippen LogP contribution in [0.4, 0.5) is 5.82 Å². The van der Waals surface area contributed by atoms with Gasteiger partial charge in [0.15, 0.2) is 23.2 Å². The molecule has 0 saturated carbocycles. The summed E-state index contributed by atoms with van der Waals surface area (Å²) in [5.41, 5.74) is 6.07. The van der Waals surface area contributed by atoms with Crippen molar-refractivity contribution < 1.29 is 61.4 Å². The minimum atomic E-state index is -5.71. The highest BCUT2D eigenvalue weighted by atomic mass is 31.3. The first-order chi connectivity index (χ1) is 17.2. The van der Waals surface area contributed by atoms with E-state index in [1.807, 2.05) is 0 Å². The zero-order valence-corrected chi connectivity index (χ0v) is 21.6. The third kappa shape index (κ3) is 8.29. The number of anilines is 1. The highest BCUT2D eigenvalue weighted by molar-refractivity contribution is 7.66. The van der Waals surface area contributed by atoms with Crippen molar-refractivity contribution in [1.29, 1.82) is 0 Å². The van der Waals surface area contributed by atoms with Crippen molar-refractivity contribution in [3.8, 4) is 0 Å². The molecule has 19 nitrogen and oxygen atoms in total. The van der Waals surface area contributed by atoms with Gasteiger partial charge < -0.3 is 45.6 Å². The smallest absolute Gasteiger partial charge is 0.387 e. The molecular weight excluding hydrogens is 565 g/mol. The molecule has 1 aliphatic rings. The molecule has 6 atom stereocenters. The number of imidazole rings is 1. The van der Waals surface area contributed by atoms with Crippen LogP contribution < -0.4 is 11.1 Å².